The van der Waals surface area contributed by atoms with Crippen LogP contribution in [-0.4, -0.2) is 33.5 Å². The predicted octanol–water partition coefficient (Wildman–Crippen LogP) is 3.86. The van der Waals surface area contributed by atoms with Gasteiger partial charge in [0.15, 0.2) is 0 Å². The number of carbonyl (C=O) groups excluding carboxylic acids is 1. The summed E-state index contributed by atoms with van der Waals surface area (Å²) in [6.07, 6.45) is 1.06. The monoisotopic (exact) mass is 403 g/mol. The van der Waals surface area contributed by atoms with Gasteiger partial charge in [0.1, 0.15) is 0 Å². The molecule has 152 valence electrons. The normalized spacial score (nSPS) is 11.5. The zero-order valence-electron chi connectivity index (χ0n) is 16.9. The summed E-state index contributed by atoms with van der Waals surface area (Å²) in [4.78, 5) is 14.9. The molecular formula is C21H29N3O3S. The van der Waals surface area contributed by atoms with E-state index in [1.54, 1.807) is 38.1 Å². The number of hydrogen-bond acceptors (Lipinski definition) is 4. The number of anilines is 2. The summed E-state index contributed by atoms with van der Waals surface area (Å²) in [6.45, 7) is 9.67. The number of nitrogens with zero attached hydrogens (tertiary/aromatic N) is 1. The summed E-state index contributed by atoms with van der Waals surface area (Å²) in [5, 5.41) is 2.80. The highest BCUT2D eigenvalue weighted by atomic mass is 32.2. The summed E-state index contributed by atoms with van der Waals surface area (Å²) in [7, 11) is -3.54. The lowest BCUT2D eigenvalue weighted by atomic mass is 10.1. The number of carbonyl (C=O) groups is 1. The van der Waals surface area contributed by atoms with E-state index < -0.39 is 10.0 Å². The molecule has 0 heterocycles. The van der Waals surface area contributed by atoms with E-state index in [9.17, 15) is 13.2 Å². The van der Waals surface area contributed by atoms with Crippen molar-refractivity contribution in [1.82, 2.24) is 4.72 Å². The van der Waals surface area contributed by atoms with Gasteiger partial charge in [0, 0.05) is 36.1 Å². The van der Waals surface area contributed by atoms with E-state index >= 15 is 0 Å². The van der Waals surface area contributed by atoms with Gasteiger partial charge in [-0.05, 0) is 75.7 Å². The molecule has 7 heteroatoms. The van der Waals surface area contributed by atoms with Crippen LogP contribution in [0.3, 0.4) is 0 Å². The largest absolute Gasteiger partial charge is 0.372 e. The maximum absolute atomic E-state index is 12.5. The summed E-state index contributed by atoms with van der Waals surface area (Å²) in [5.74, 6) is -0.235. The maximum atomic E-state index is 12.5. The van der Waals surface area contributed by atoms with Crippen LogP contribution >= 0.6 is 0 Å². The summed E-state index contributed by atoms with van der Waals surface area (Å²) in [5.41, 5.74) is 2.18. The Labute approximate surface area is 168 Å². The molecule has 0 aliphatic rings. The molecule has 0 spiro atoms. The summed E-state index contributed by atoms with van der Waals surface area (Å²) in [6, 6.07) is 13.4. The first-order chi connectivity index (χ1) is 13.3. The first-order valence-corrected chi connectivity index (χ1v) is 11.0. The van der Waals surface area contributed by atoms with Gasteiger partial charge in [-0.25, -0.2) is 13.1 Å². The Morgan fingerprint density at radius 2 is 1.61 bits per heavy atom. The second kappa shape index (κ2) is 9.71. The van der Waals surface area contributed by atoms with Gasteiger partial charge in [-0.15, -0.1) is 0 Å². The summed E-state index contributed by atoms with van der Waals surface area (Å²) < 4.78 is 26.8. The first-order valence-electron chi connectivity index (χ1n) is 9.55. The smallest absolute Gasteiger partial charge is 0.255 e. The minimum absolute atomic E-state index is 0.166. The first kappa shape index (κ1) is 21.9. The van der Waals surface area contributed by atoms with Crippen molar-refractivity contribution in [1.29, 1.82) is 0 Å². The molecule has 2 rings (SSSR count). The fourth-order valence-corrected chi connectivity index (χ4v) is 4.11. The lowest BCUT2D eigenvalue weighted by Gasteiger charge is -2.22. The van der Waals surface area contributed by atoms with Crippen LogP contribution in [0.1, 0.15) is 44.5 Å². The third-order valence-electron chi connectivity index (χ3n) is 4.18. The molecule has 28 heavy (non-hydrogen) atoms. The minimum Gasteiger partial charge on any atom is -0.372 e. The van der Waals surface area contributed by atoms with Crippen molar-refractivity contribution in [2.45, 2.75) is 45.1 Å². The lowest BCUT2D eigenvalue weighted by Crippen LogP contribution is -2.30. The minimum atomic E-state index is -3.54. The number of benzene rings is 2. The van der Waals surface area contributed by atoms with E-state index in [1.807, 2.05) is 12.1 Å². The Morgan fingerprint density at radius 3 is 2.11 bits per heavy atom. The fraction of sp³-hybridized carbons (Fsp3) is 0.381. The highest BCUT2D eigenvalue weighted by Gasteiger charge is 2.15. The van der Waals surface area contributed by atoms with Crippen LogP contribution in [0.5, 0.6) is 0 Å². The Hall–Kier alpha value is -2.38. The number of rotatable bonds is 9. The molecule has 0 aliphatic carbocycles. The molecule has 0 bridgehead atoms. The highest BCUT2D eigenvalue weighted by molar-refractivity contribution is 7.89. The van der Waals surface area contributed by atoms with Gasteiger partial charge in [0.2, 0.25) is 10.0 Å². The Morgan fingerprint density at radius 1 is 1.00 bits per heavy atom. The van der Waals surface area contributed by atoms with Gasteiger partial charge in [0.05, 0.1) is 4.90 Å². The molecule has 0 fully saturated rings. The highest BCUT2D eigenvalue weighted by Crippen LogP contribution is 2.18. The van der Waals surface area contributed by atoms with Crippen molar-refractivity contribution in [2.75, 3.05) is 23.3 Å². The molecule has 0 aromatic heterocycles. The van der Waals surface area contributed by atoms with Crippen molar-refractivity contribution >= 4 is 27.3 Å². The molecule has 0 atom stereocenters. The summed E-state index contributed by atoms with van der Waals surface area (Å²) >= 11 is 0. The van der Waals surface area contributed by atoms with Gasteiger partial charge in [0.25, 0.3) is 5.91 Å². The van der Waals surface area contributed by atoms with Crippen molar-refractivity contribution in [3.8, 4) is 0 Å². The van der Waals surface area contributed by atoms with Crippen LogP contribution in [0.4, 0.5) is 11.4 Å². The molecule has 2 aromatic rings. The van der Waals surface area contributed by atoms with Crippen LogP contribution in [0.25, 0.3) is 0 Å². The second-order valence-electron chi connectivity index (χ2n) is 6.88. The zero-order chi connectivity index (χ0) is 20.7. The standard InChI is InChI=1S/C21H29N3O3S/c1-5-15-24(6-2)19-11-7-17(8-12-19)21(25)22-18-9-13-20(14-10-18)28(26,27)23-16(3)4/h7-14,16,23H,5-6,15H2,1-4H3,(H,22,25). The fourth-order valence-electron chi connectivity index (χ4n) is 2.86. The van der Waals surface area contributed by atoms with Gasteiger partial charge in [-0.3, -0.25) is 4.79 Å². The molecule has 6 nitrogen and oxygen atoms in total. The number of amides is 1. The molecule has 2 aromatic carbocycles. The molecule has 0 radical (unpaired) electrons. The van der Waals surface area contributed by atoms with E-state index in [1.165, 1.54) is 12.1 Å². The molecule has 0 saturated heterocycles. The van der Waals surface area contributed by atoms with Crippen molar-refractivity contribution in [2.24, 2.45) is 0 Å². The van der Waals surface area contributed by atoms with Gasteiger partial charge in [-0.2, -0.15) is 0 Å². The van der Waals surface area contributed by atoms with E-state index in [0.29, 0.717) is 11.3 Å². The third-order valence-corrected chi connectivity index (χ3v) is 5.86. The molecule has 1 amide bonds. The second-order valence-corrected chi connectivity index (χ2v) is 8.60. The van der Waals surface area contributed by atoms with Gasteiger partial charge >= 0.3 is 0 Å². The lowest BCUT2D eigenvalue weighted by molar-refractivity contribution is 0.102. The zero-order valence-corrected chi connectivity index (χ0v) is 17.7. The van der Waals surface area contributed by atoms with Crippen LogP contribution in [-0.2, 0) is 10.0 Å². The quantitative estimate of drug-likeness (QED) is 0.666. The molecule has 0 aliphatic heterocycles. The van der Waals surface area contributed by atoms with Crippen LogP contribution in [0.2, 0.25) is 0 Å². The average molecular weight is 404 g/mol. The van der Waals surface area contributed by atoms with Gasteiger partial charge < -0.3 is 10.2 Å². The van der Waals surface area contributed by atoms with E-state index in [4.69, 9.17) is 0 Å². The van der Waals surface area contributed by atoms with Crippen LogP contribution < -0.4 is 14.9 Å². The number of sulfonamides is 1. The number of nitrogens with one attached hydrogen (secondary N) is 2. The SMILES string of the molecule is CCCN(CC)c1ccc(C(=O)Nc2ccc(S(=O)(=O)NC(C)C)cc2)cc1. The molecule has 2 N–H and O–H groups in total. The molecule has 0 unspecified atom stereocenters. The van der Waals surface area contributed by atoms with Crippen molar-refractivity contribution in [3.05, 3.63) is 54.1 Å². The van der Waals surface area contributed by atoms with Crippen molar-refractivity contribution in [3.63, 3.8) is 0 Å². The Kier molecular flexibility index (Phi) is 7.60. The van der Waals surface area contributed by atoms with Crippen molar-refractivity contribution < 1.29 is 13.2 Å². The molecule has 0 saturated carbocycles. The van der Waals surface area contributed by atoms with E-state index in [2.05, 4.69) is 28.8 Å². The van der Waals surface area contributed by atoms with E-state index in [-0.39, 0.29) is 16.8 Å². The van der Waals surface area contributed by atoms with E-state index in [0.717, 1.165) is 25.2 Å². The molecular weight excluding hydrogens is 374 g/mol. The number of hydrogen-bond donors (Lipinski definition) is 2. The maximum Gasteiger partial charge on any atom is 0.255 e. The topological polar surface area (TPSA) is 78.5 Å². The average Bonchev–Trinajstić information content (AvgIpc) is 2.65. The van der Waals surface area contributed by atoms with Crippen LogP contribution in [0.15, 0.2) is 53.4 Å². The van der Waals surface area contributed by atoms with Crippen LogP contribution in [0, 0.1) is 0 Å². The third kappa shape index (κ3) is 5.81. The predicted molar refractivity (Wildman–Crippen MR) is 114 cm³/mol. The van der Waals surface area contributed by atoms with Gasteiger partial charge in [-0.1, -0.05) is 6.92 Å². The Bertz CT molecular complexity index is 876. The Balaban J connectivity index is 2.06.